The molecule has 0 atom stereocenters. The summed E-state index contributed by atoms with van der Waals surface area (Å²) in [5.74, 6) is 2.36. The van der Waals surface area contributed by atoms with Gasteiger partial charge in [-0.15, -0.1) is 10.2 Å². The van der Waals surface area contributed by atoms with Crippen LogP contribution in [0.2, 0.25) is 0 Å². The van der Waals surface area contributed by atoms with Crippen LogP contribution in [0.5, 0.6) is 5.75 Å². The van der Waals surface area contributed by atoms with Crippen LogP contribution in [-0.4, -0.2) is 26.4 Å². The number of benzene rings is 1. The predicted octanol–water partition coefficient (Wildman–Crippen LogP) is 3.04. The van der Waals surface area contributed by atoms with Crippen molar-refractivity contribution in [2.45, 2.75) is 51.9 Å². The normalized spacial score (nSPS) is 11.0. The highest BCUT2D eigenvalue weighted by molar-refractivity contribution is 7.99. The molecule has 136 valence electrons. The Morgan fingerprint density at radius 3 is 2.60 bits per heavy atom. The standard InChI is InChI=1S/C18H26N4O2S/c1-4-14-5-7-15(8-6-14)24-12-17-20-21-18(22(17)11-13(2)3)25-10-9-16(19)23/h5-8,13H,4,9-12H2,1-3H3,(H2,19,23). The van der Waals surface area contributed by atoms with Gasteiger partial charge >= 0.3 is 0 Å². The van der Waals surface area contributed by atoms with Crippen LogP contribution in [0.4, 0.5) is 0 Å². The predicted molar refractivity (Wildman–Crippen MR) is 99.5 cm³/mol. The van der Waals surface area contributed by atoms with Gasteiger partial charge in [-0.05, 0) is 30.0 Å². The summed E-state index contributed by atoms with van der Waals surface area (Å²) in [5.41, 5.74) is 6.48. The molecule has 0 aliphatic carbocycles. The summed E-state index contributed by atoms with van der Waals surface area (Å²) in [6, 6.07) is 8.09. The number of amides is 1. The molecule has 2 N–H and O–H groups in total. The maximum Gasteiger partial charge on any atom is 0.218 e. The van der Waals surface area contributed by atoms with Crippen LogP contribution in [0, 0.1) is 5.92 Å². The molecule has 0 spiro atoms. The number of thioether (sulfide) groups is 1. The molecule has 1 aromatic heterocycles. The van der Waals surface area contributed by atoms with E-state index < -0.39 is 0 Å². The SMILES string of the molecule is CCc1ccc(OCc2nnc(SCCC(N)=O)n2CC(C)C)cc1. The van der Waals surface area contributed by atoms with Gasteiger partial charge in [-0.3, -0.25) is 4.79 Å². The number of hydrogen-bond donors (Lipinski definition) is 1. The van der Waals surface area contributed by atoms with E-state index in [1.165, 1.54) is 17.3 Å². The van der Waals surface area contributed by atoms with Crippen molar-refractivity contribution in [1.29, 1.82) is 0 Å². The molecule has 0 radical (unpaired) electrons. The first kappa shape index (κ1) is 19.3. The van der Waals surface area contributed by atoms with Crippen molar-refractivity contribution in [3.05, 3.63) is 35.7 Å². The van der Waals surface area contributed by atoms with E-state index in [0.717, 1.165) is 29.7 Å². The molecule has 0 saturated heterocycles. The van der Waals surface area contributed by atoms with E-state index in [-0.39, 0.29) is 5.91 Å². The summed E-state index contributed by atoms with van der Waals surface area (Å²) in [7, 11) is 0. The van der Waals surface area contributed by atoms with Crippen LogP contribution in [0.3, 0.4) is 0 Å². The van der Waals surface area contributed by atoms with E-state index in [2.05, 4.69) is 47.7 Å². The van der Waals surface area contributed by atoms with Gasteiger partial charge in [0, 0.05) is 18.7 Å². The lowest BCUT2D eigenvalue weighted by atomic mass is 10.2. The van der Waals surface area contributed by atoms with Crippen molar-refractivity contribution in [3.63, 3.8) is 0 Å². The van der Waals surface area contributed by atoms with Gasteiger partial charge in [0.05, 0.1) is 0 Å². The number of carbonyl (C=O) groups is 1. The molecule has 7 heteroatoms. The Morgan fingerprint density at radius 1 is 1.28 bits per heavy atom. The number of primary amides is 1. The highest BCUT2D eigenvalue weighted by Gasteiger charge is 2.14. The van der Waals surface area contributed by atoms with Gasteiger partial charge < -0.3 is 15.0 Å². The zero-order valence-corrected chi connectivity index (χ0v) is 15.9. The molecule has 0 saturated carbocycles. The highest BCUT2D eigenvalue weighted by Crippen LogP contribution is 2.21. The van der Waals surface area contributed by atoms with Crippen LogP contribution in [0.15, 0.2) is 29.4 Å². The van der Waals surface area contributed by atoms with Crippen molar-refractivity contribution < 1.29 is 9.53 Å². The molecule has 1 aromatic carbocycles. The summed E-state index contributed by atoms with van der Waals surface area (Å²) < 4.78 is 7.93. The van der Waals surface area contributed by atoms with Crippen molar-refractivity contribution in [3.8, 4) is 5.75 Å². The minimum absolute atomic E-state index is 0.304. The molecular weight excluding hydrogens is 336 g/mol. The molecule has 6 nitrogen and oxygen atoms in total. The van der Waals surface area contributed by atoms with Crippen LogP contribution in [0.1, 0.15) is 38.6 Å². The maximum absolute atomic E-state index is 10.9. The number of aromatic nitrogens is 3. The Balaban J connectivity index is 2.04. The summed E-state index contributed by atoms with van der Waals surface area (Å²) >= 11 is 1.50. The molecular formula is C18H26N4O2S. The van der Waals surface area contributed by atoms with Crippen LogP contribution >= 0.6 is 11.8 Å². The van der Waals surface area contributed by atoms with Crippen LogP contribution < -0.4 is 10.5 Å². The third-order valence-corrected chi connectivity index (χ3v) is 4.59. The fourth-order valence-corrected chi connectivity index (χ4v) is 3.21. The van der Waals surface area contributed by atoms with E-state index in [4.69, 9.17) is 10.5 Å². The number of nitrogens with two attached hydrogens (primary N) is 1. The average Bonchev–Trinajstić information content (AvgIpc) is 2.94. The second-order valence-corrected chi connectivity index (χ2v) is 7.32. The summed E-state index contributed by atoms with van der Waals surface area (Å²) in [5, 5.41) is 9.32. The molecule has 0 unspecified atom stereocenters. The van der Waals surface area contributed by atoms with Crippen molar-refractivity contribution in [2.75, 3.05) is 5.75 Å². The van der Waals surface area contributed by atoms with Crippen molar-refractivity contribution >= 4 is 17.7 Å². The lowest BCUT2D eigenvalue weighted by Gasteiger charge is -2.13. The molecule has 0 aliphatic rings. The van der Waals surface area contributed by atoms with Gasteiger partial charge in [0.25, 0.3) is 0 Å². The fraction of sp³-hybridized carbons (Fsp3) is 0.500. The van der Waals surface area contributed by atoms with Gasteiger partial charge in [-0.1, -0.05) is 44.7 Å². The molecule has 2 aromatic rings. The largest absolute Gasteiger partial charge is 0.486 e. The van der Waals surface area contributed by atoms with Crippen molar-refractivity contribution in [2.24, 2.45) is 11.7 Å². The molecule has 2 rings (SSSR count). The first-order chi connectivity index (χ1) is 12.0. The van der Waals surface area contributed by atoms with Gasteiger partial charge in [-0.25, -0.2) is 0 Å². The molecule has 0 aliphatic heterocycles. The number of nitrogens with zero attached hydrogens (tertiary/aromatic N) is 3. The molecule has 0 fully saturated rings. The fourth-order valence-electron chi connectivity index (χ4n) is 2.29. The Kier molecular flexibility index (Phi) is 7.31. The van der Waals surface area contributed by atoms with E-state index in [1.807, 2.05) is 12.1 Å². The van der Waals surface area contributed by atoms with Crippen molar-refractivity contribution in [1.82, 2.24) is 14.8 Å². The molecule has 25 heavy (non-hydrogen) atoms. The minimum Gasteiger partial charge on any atom is -0.486 e. The van der Waals surface area contributed by atoms with Gasteiger partial charge in [0.1, 0.15) is 12.4 Å². The van der Waals surface area contributed by atoms with Crippen LogP contribution in [-0.2, 0) is 24.4 Å². The number of carbonyl (C=O) groups excluding carboxylic acids is 1. The van der Waals surface area contributed by atoms with Gasteiger partial charge in [0.2, 0.25) is 5.91 Å². The topological polar surface area (TPSA) is 83.0 Å². The zero-order chi connectivity index (χ0) is 18.2. The summed E-state index contributed by atoms with van der Waals surface area (Å²) in [4.78, 5) is 10.9. The molecule has 0 bridgehead atoms. The third-order valence-electron chi connectivity index (χ3n) is 3.62. The zero-order valence-electron chi connectivity index (χ0n) is 15.1. The maximum atomic E-state index is 10.9. The number of aryl methyl sites for hydroxylation is 1. The first-order valence-electron chi connectivity index (χ1n) is 8.54. The highest BCUT2D eigenvalue weighted by atomic mass is 32.2. The first-order valence-corrected chi connectivity index (χ1v) is 9.53. The number of rotatable bonds is 10. The van der Waals surface area contributed by atoms with Crippen LogP contribution in [0.25, 0.3) is 0 Å². The quantitative estimate of drug-likeness (QED) is 0.657. The Morgan fingerprint density at radius 2 is 2.00 bits per heavy atom. The second kappa shape index (κ2) is 9.46. The van der Waals surface area contributed by atoms with Gasteiger partial charge in [-0.2, -0.15) is 0 Å². The van der Waals surface area contributed by atoms with E-state index in [9.17, 15) is 4.79 Å². The summed E-state index contributed by atoms with van der Waals surface area (Å²) in [6.45, 7) is 7.58. The van der Waals surface area contributed by atoms with E-state index in [0.29, 0.717) is 24.7 Å². The Labute approximate surface area is 153 Å². The summed E-state index contributed by atoms with van der Waals surface area (Å²) in [6.07, 6.45) is 1.34. The Bertz CT molecular complexity index is 683. The molecule has 1 amide bonds. The number of hydrogen-bond acceptors (Lipinski definition) is 5. The Hall–Kier alpha value is -2.02. The lowest BCUT2D eigenvalue weighted by Crippen LogP contribution is -2.13. The second-order valence-electron chi connectivity index (χ2n) is 6.25. The molecule has 1 heterocycles. The van der Waals surface area contributed by atoms with E-state index in [1.54, 1.807) is 0 Å². The monoisotopic (exact) mass is 362 g/mol. The number of ether oxygens (including phenoxy) is 1. The van der Waals surface area contributed by atoms with Gasteiger partial charge in [0.15, 0.2) is 11.0 Å². The lowest BCUT2D eigenvalue weighted by molar-refractivity contribution is -0.117. The smallest absolute Gasteiger partial charge is 0.218 e. The average molecular weight is 362 g/mol. The third kappa shape index (κ3) is 6.08. The minimum atomic E-state index is -0.304. The van der Waals surface area contributed by atoms with E-state index >= 15 is 0 Å².